The van der Waals surface area contributed by atoms with Crippen LogP contribution in [0.15, 0.2) is 0 Å². The van der Waals surface area contributed by atoms with Crippen LogP contribution in [0.1, 0.15) is 19.3 Å². The minimum Gasteiger partial charge on any atom is -0.388 e. The number of β-amino-alcohol motifs (C(OH)–C–C–N with tert-alkyl or cyclic N) is 1. The Bertz CT molecular complexity index is 448. The van der Waals surface area contributed by atoms with E-state index in [2.05, 4.69) is 5.32 Å². The smallest absolute Gasteiger partial charge is 0.222 e. The third-order valence-corrected chi connectivity index (χ3v) is 5.82. The van der Waals surface area contributed by atoms with E-state index in [1.807, 2.05) is 0 Å². The first-order valence-corrected chi connectivity index (χ1v) is 7.87. The molecule has 0 aliphatic carbocycles. The molecule has 2 aliphatic heterocycles. The van der Waals surface area contributed by atoms with Crippen molar-refractivity contribution in [3.63, 3.8) is 0 Å². The number of carbonyl (C=O) groups excluding carboxylic acids is 1. The van der Waals surface area contributed by atoms with E-state index in [1.165, 1.54) is 11.4 Å². The Balaban J connectivity index is 2.06. The van der Waals surface area contributed by atoms with Gasteiger partial charge in [0.2, 0.25) is 15.9 Å². The standard InChI is InChI=1S/C11H20N2O5S/c1-12-10(14)5-11(15)3-2-4-13(8-11)19(16,17)9-6-18-7-9/h9,15H,2-8H2,1H3,(H,12,14). The zero-order valence-electron chi connectivity index (χ0n) is 11.0. The number of rotatable bonds is 4. The van der Waals surface area contributed by atoms with E-state index in [4.69, 9.17) is 4.74 Å². The Morgan fingerprint density at radius 3 is 2.74 bits per heavy atom. The van der Waals surface area contributed by atoms with Gasteiger partial charge in [-0.15, -0.1) is 0 Å². The van der Waals surface area contributed by atoms with Crippen LogP contribution in [-0.4, -0.2) is 67.9 Å². The number of amides is 1. The summed E-state index contributed by atoms with van der Waals surface area (Å²) in [5.74, 6) is -0.284. The van der Waals surface area contributed by atoms with E-state index in [1.54, 1.807) is 0 Å². The van der Waals surface area contributed by atoms with E-state index >= 15 is 0 Å². The van der Waals surface area contributed by atoms with Gasteiger partial charge in [0.15, 0.2) is 0 Å². The molecular weight excluding hydrogens is 272 g/mol. The molecule has 0 aromatic carbocycles. The van der Waals surface area contributed by atoms with Crippen LogP contribution in [0.5, 0.6) is 0 Å². The summed E-state index contributed by atoms with van der Waals surface area (Å²) in [7, 11) is -1.93. The molecule has 2 saturated heterocycles. The van der Waals surface area contributed by atoms with Gasteiger partial charge in [-0.1, -0.05) is 0 Å². The Hall–Kier alpha value is -0.700. The van der Waals surface area contributed by atoms with Crippen LogP contribution in [0.3, 0.4) is 0 Å². The fourth-order valence-electron chi connectivity index (χ4n) is 2.42. The van der Waals surface area contributed by atoms with Gasteiger partial charge < -0.3 is 15.2 Å². The number of hydrogen-bond acceptors (Lipinski definition) is 5. The van der Waals surface area contributed by atoms with Crippen LogP contribution in [-0.2, 0) is 19.6 Å². The summed E-state index contributed by atoms with van der Waals surface area (Å²) >= 11 is 0. The molecule has 1 amide bonds. The predicted molar refractivity (Wildman–Crippen MR) is 68.0 cm³/mol. The maximum Gasteiger partial charge on any atom is 0.222 e. The molecule has 0 radical (unpaired) electrons. The van der Waals surface area contributed by atoms with Crippen molar-refractivity contribution in [2.24, 2.45) is 0 Å². The van der Waals surface area contributed by atoms with E-state index in [0.29, 0.717) is 19.4 Å². The number of nitrogens with zero attached hydrogens (tertiary/aromatic N) is 1. The highest BCUT2D eigenvalue weighted by Gasteiger charge is 2.44. The van der Waals surface area contributed by atoms with Gasteiger partial charge in [-0.05, 0) is 12.8 Å². The molecule has 1 unspecified atom stereocenters. The summed E-state index contributed by atoms with van der Waals surface area (Å²) < 4.78 is 30.7. The van der Waals surface area contributed by atoms with Crippen molar-refractivity contribution in [1.82, 2.24) is 9.62 Å². The summed E-state index contributed by atoms with van der Waals surface area (Å²) in [6, 6.07) is 0. The number of hydrogen-bond donors (Lipinski definition) is 2. The number of nitrogens with one attached hydrogen (secondary N) is 1. The Labute approximate surface area is 113 Å². The number of aliphatic hydroxyl groups is 1. The summed E-state index contributed by atoms with van der Waals surface area (Å²) in [6.07, 6.45) is 0.921. The Morgan fingerprint density at radius 2 is 2.21 bits per heavy atom. The van der Waals surface area contributed by atoms with E-state index in [9.17, 15) is 18.3 Å². The molecule has 0 spiro atoms. The largest absolute Gasteiger partial charge is 0.388 e. The number of carbonyl (C=O) groups is 1. The molecule has 2 N–H and O–H groups in total. The van der Waals surface area contributed by atoms with Crippen molar-refractivity contribution in [3.05, 3.63) is 0 Å². The highest BCUT2D eigenvalue weighted by Crippen LogP contribution is 2.28. The van der Waals surface area contributed by atoms with E-state index < -0.39 is 20.9 Å². The molecule has 0 bridgehead atoms. The first kappa shape index (κ1) is 14.7. The molecule has 2 aliphatic rings. The monoisotopic (exact) mass is 292 g/mol. The van der Waals surface area contributed by atoms with Crippen molar-refractivity contribution in [1.29, 1.82) is 0 Å². The van der Waals surface area contributed by atoms with Gasteiger partial charge in [-0.2, -0.15) is 4.31 Å². The van der Waals surface area contributed by atoms with Crippen molar-refractivity contribution < 1.29 is 23.1 Å². The van der Waals surface area contributed by atoms with Crippen LogP contribution in [0.2, 0.25) is 0 Å². The van der Waals surface area contributed by atoms with E-state index in [0.717, 1.165) is 0 Å². The molecule has 0 aromatic heterocycles. The van der Waals surface area contributed by atoms with Gasteiger partial charge in [0.1, 0.15) is 5.25 Å². The summed E-state index contributed by atoms with van der Waals surface area (Å²) in [4.78, 5) is 11.4. The zero-order chi connectivity index (χ0) is 14.1. The summed E-state index contributed by atoms with van der Waals surface area (Å²) in [5.41, 5.74) is -1.27. The average Bonchev–Trinajstić information content (AvgIpc) is 2.25. The van der Waals surface area contributed by atoms with E-state index in [-0.39, 0.29) is 32.1 Å². The lowest BCUT2D eigenvalue weighted by Gasteiger charge is -2.40. The molecule has 2 fully saturated rings. The predicted octanol–water partition coefficient (Wildman–Crippen LogP) is -1.32. The minimum absolute atomic E-state index is 0.0146. The normalized spacial score (nSPS) is 29.8. The van der Waals surface area contributed by atoms with Crippen molar-refractivity contribution in [2.75, 3.05) is 33.4 Å². The summed E-state index contributed by atoms with van der Waals surface area (Å²) in [6.45, 7) is 0.813. The average molecular weight is 292 g/mol. The van der Waals surface area contributed by atoms with Gasteiger partial charge in [-0.3, -0.25) is 4.79 Å². The number of ether oxygens (including phenoxy) is 1. The van der Waals surface area contributed by atoms with Gasteiger partial charge in [-0.25, -0.2) is 8.42 Å². The second kappa shape index (κ2) is 5.35. The number of piperidine rings is 1. The second-order valence-corrected chi connectivity index (χ2v) is 7.43. The van der Waals surface area contributed by atoms with Gasteiger partial charge in [0.25, 0.3) is 0 Å². The second-order valence-electron chi connectivity index (χ2n) is 5.22. The molecule has 0 aromatic rings. The highest BCUT2D eigenvalue weighted by molar-refractivity contribution is 7.89. The fourth-order valence-corrected chi connectivity index (χ4v) is 4.18. The first-order valence-electron chi connectivity index (χ1n) is 6.37. The topological polar surface area (TPSA) is 95.9 Å². The number of sulfonamides is 1. The van der Waals surface area contributed by atoms with Crippen LogP contribution in [0, 0.1) is 0 Å². The quantitative estimate of drug-likeness (QED) is 0.670. The molecule has 1 atom stereocenters. The lowest BCUT2D eigenvalue weighted by atomic mass is 9.90. The van der Waals surface area contributed by atoms with Crippen LogP contribution < -0.4 is 5.32 Å². The maximum atomic E-state index is 12.2. The minimum atomic E-state index is -3.42. The van der Waals surface area contributed by atoms with Crippen molar-refractivity contribution >= 4 is 15.9 Å². The molecular formula is C11H20N2O5S. The van der Waals surface area contributed by atoms with Crippen molar-refractivity contribution in [2.45, 2.75) is 30.1 Å². The van der Waals surface area contributed by atoms with Gasteiger partial charge in [0, 0.05) is 20.1 Å². The molecule has 8 heteroatoms. The SMILES string of the molecule is CNC(=O)CC1(O)CCCN(S(=O)(=O)C2COC2)C1. The van der Waals surface area contributed by atoms with Gasteiger partial charge >= 0.3 is 0 Å². The molecule has 0 saturated carbocycles. The van der Waals surface area contributed by atoms with Crippen molar-refractivity contribution in [3.8, 4) is 0 Å². The van der Waals surface area contributed by atoms with Crippen LogP contribution in [0.25, 0.3) is 0 Å². The third-order valence-electron chi connectivity index (χ3n) is 3.68. The zero-order valence-corrected chi connectivity index (χ0v) is 11.8. The molecule has 19 heavy (non-hydrogen) atoms. The first-order chi connectivity index (χ1) is 8.87. The Morgan fingerprint density at radius 1 is 1.53 bits per heavy atom. The Kier molecular flexibility index (Phi) is 4.14. The lowest BCUT2D eigenvalue weighted by molar-refractivity contribution is -0.127. The lowest BCUT2D eigenvalue weighted by Crippen LogP contribution is -2.56. The molecule has 2 rings (SSSR count). The van der Waals surface area contributed by atoms with Crippen LogP contribution >= 0.6 is 0 Å². The molecule has 2 heterocycles. The highest BCUT2D eigenvalue weighted by atomic mass is 32.2. The van der Waals surface area contributed by atoms with Gasteiger partial charge in [0.05, 0.1) is 25.2 Å². The fraction of sp³-hybridized carbons (Fsp3) is 0.909. The maximum absolute atomic E-state index is 12.2. The molecule has 7 nitrogen and oxygen atoms in total. The third kappa shape index (κ3) is 3.07. The summed E-state index contributed by atoms with van der Waals surface area (Å²) in [5, 5.41) is 12.3. The molecule has 110 valence electrons. The van der Waals surface area contributed by atoms with Crippen LogP contribution in [0.4, 0.5) is 0 Å².